The van der Waals surface area contributed by atoms with Crippen LogP contribution in [-0.4, -0.2) is 37.2 Å². The van der Waals surface area contributed by atoms with Gasteiger partial charge in [-0.3, -0.25) is 0 Å². The smallest absolute Gasteiger partial charge is 0.0587 e. The molecule has 4 heteroatoms. The third-order valence-electron chi connectivity index (χ3n) is 2.92. The van der Waals surface area contributed by atoms with E-state index in [1.165, 1.54) is 16.0 Å². The Labute approximate surface area is 120 Å². The SMILES string of the molecule is COCCNCc1ccc(SC(C)CCO)c(C)c1. The third-order valence-corrected chi connectivity index (χ3v) is 4.27. The third kappa shape index (κ3) is 6.43. The van der Waals surface area contributed by atoms with Crippen molar-refractivity contribution in [3.8, 4) is 0 Å². The van der Waals surface area contributed by atoms with Crippen molar-refractivity contribution < 1.29 is 9.84 Å². The lowest BCUT2D eigenvalue weighted by atomic mass is 10.1. The van der Waals surface area contributed by atoms with Gasteiger partial charge in [0.15, 0.2) is 0 Å². The number of hydrogen-bond donors (Lipinski definition) is 2. The van der Waals surface area contributed by atoms with Gasteiger partial charge in [0.05, 0.1) is 6.61 Å². The molecular weight excluding hydrogens is 258 g/mol. The minimum atomic E-state index is 0.259. The number of hydrogen-bond acceptors (Lipinski definition) is 4. The second-order valence-electron chi connectivity index (χ2n) is 4.71. The Balaban J connectivity index is 2.49. The van der Waals surface area contributed by atoms with Crippen molar-refractivity contribution in [3.05, 3.63) is 29.3 Å². The van der Waals surface area contributed by atoms with Gasteiger partial charge in [0.1, 0.15) is 0 Å². The van der Waals surface area contributed by atoms with Crippen molar-refractivity contribution in [1.82, 2.24) is 5.32 Å². The molecule has 0 spiro atoms. The number of ether oxygens (including phenoxy) is 1. The molecule has 0 radical (unpaired) electrons. The first kappa shape index (κ1) is 16.5. The summed E-state index contributed by atoms with van der Waals surface area (Å²) in [4.78, 5) is 1.31. The van der Waals surface area contributed by atoms with Crippen molar-refractivity contribution in [2.75, 3.05) is 26.9 Å². The number of nitrogens with one attached hydrogen (secondary N) is 1. The second kappa shape index (κ2) is 9.37. The Kier molecular flexibility index (Phi) is 8.14. The average Bonchev–Trinajstić information content (AvgIpc) is 2.38. The van der Waals surface area contributed by atoms with Crippen LogP contribution in [0.1, 0.15) is 24.5 Å². The molecule has 0 amide bonds. The summed E-state index contributed by atoms with van der Waals surface area (Å²) in [6, 6.07) is 6.58. The Hall–Kier alpha value is -0.550. The number of rotatable bonds is 9. The van der Waals surface area contributed by atoms with Gasteiger partial charge in [-0.05, 0) is 30.5 Å². The second-order valence-corrected chi connectivity index (χ2v) is 6.19. The fourth-order valence-electron chi connectivity index (χ4n) is 1.82. The number of aryl methyl sites for hydroxylation is 1. The normalized spacial score (nSPS) is 12.6. The van der Waals surface area contributed by atoms with E-state index in [-0.39, 0.29) is 6.61 Å². The summed E-state index contributed by atoms with van der Waals surface area (Å²) in [6.07, 6.45) is 0.838. The summed E-state index contributed by atoms with van der Waals surface area (Å²) < 4.78 is 5.00. The van der Waals surface area contributed by atoms with E-state index >= 15 is 0 Å². The summed E-state index contributed by atoms with van der Waals surface area (Å²) in [5.74, 6) is 0. The minimum Gasteiger partial charge on any atom is -0.396 e. The minimum absolute atomic E-state index is 0.259. The molecular formula is C15H25NO2S. The number of benzene rings is 1. The van der Waals surface area contributed by atoms with Gasteiger partial charge in [0.2, 0.25) is 0 Å². The van der Waals surface area contributed by atoms with Crippen LogP contribution in [0.15, 0.2) is 23.1 Å². The molecule has 108 valence electrons. The van der Waals surface area contributed by atoms with E-state index in [1.807, 2.05) is 11.8 Å². The standard InChI is InChI=1S/C15H25NO2S/c1-12-10-14(11-16-7-9-18-3)4-5-15(12)19-13(2)6-8-17/h4-5,10,13,16-17H,6-9,11H2,1-3H3. The largest absolute Gasteiger partial charge is 0.396 e. The van der Waals surface area contributed by atoms with E-state index in [1.54, 1.807) is 7.11 Å². The monoisotopic (exact) mass is 283 g/mol. The van der Waals surface area contributed by atoms with Crippen molar-refractivity contribution in [1.29, 1.82) is 0 Å². The van der Waals surface area contributed by atoms with Crippen molar-refractivity contribution >= 4 is 11.8 Å². The zero-order valence-electron chi connectivity index (χ0n) is 12.1. The molecule has 0 aliphatic rings. The van der Waals surface area contributed by atoms with Crippen molar-refractivity contribution in [3.63, 3.8) is 0 Å². The molecule has 0 saturated carbocycles. The molecule has 0 bridgehead atoms. The fraction of sp³-hybridized carbons (Fsp3) is 0.600. The van der Waals surface area contributed by atoms with E-state index in [0.29, 0.717) is 5.25 Å². The summed E-state index contributed by atoms with van der Waals surface area (Å²) in [5, 5.41) is 12.7. The van der Waals surface area contributed by atoms with Gasteiger partial charge in [-0.2, -0.15) is 0 Å². The molecule has 1 unspecified atom stereocenters. The first-order chi connectivity index (χ1) is 9.17. The van der Waals surface area contributed by atoms with Crippen LogP contribution in [0.4, 0.5) is 0 Å². The van der Waals surface area contributed by atoms with Crippen LogP contribution in [-0.2, 0) is 11.3 Å². The highest BCUT2D eigenvalue weighted by molar-refractivity contribution is 8.00. The maximum absolute atomic E-state index is 8.94. The van der Waals surface area contributed by atoms with Crippen LogP contribution in [0.3, 0.4) is 0 Å². The lowest BCUT2D eigenvalue weighted by Crippen LogP contribution is -2.18. The molecule has 2 N–H and O–H groups in total. The van der Waals surface area contributed by atoms with E-state index in [0.717, 1.165) is 26.1 Å². The number of aliphatic hydroxyl groups excluding tert-OH is 1. The number of thioether (sulfide) groups is 1. The Morgan fingerprint density at radius 2 is 2.21 bits per heavy atom. The molecule has 1 rings (SSSR count). The number of methoxy groups -OCH3 is 1. The Morgan fingerprint density at radius 1 is 1.42 bits per heavy atom. The van der Waals surface area contributed by atoms with E-state index in [9.17, 15) is 0 Å². The van der Waals surface area contributed by atoms with E-state index in [2.05, 4.69) is 37.4 Å². The zero-order chi connectivity index (χ0) is 14.1. The predicted molar refractivity (Wildman–Crippen MR) is 81.8 cm³/mol. The Bertz CT molecular complexity index is 371. The van der Waals surface area contributed by atoms with Crippen LogP contribution in [0, 0.1) is 6.92 Å². The molecule has 0 fully saturated rings. The van der Waals surface area contributed by atoms with Crippen LogP contribution in [0.5, 0.6) is 0 Å². The van der Waals surface area contributed by atoms with Gasteiger partial charge >= 0.3 is 0 Å². The van der Waals surface area contributed by atoms with Gasteiger partial charge in [-0.1, -0.05) is 19.1 Å². The maximum atomic E-state index is 8.94. The summed E-state index contributed by atoms with van der Waals surface area (Å²) >= 11 is 1.84. The molecule has 0 saturated heterocycles. The molecule has 0 aliphatic carbocycles. The highest BCUT2D eigenvalue weighted by Gasteiger charge is 2.06. The summed E-state index contributed by atoms with van der Waals surface area (Å²) in [6.45, 7) is 7.05. The van der Waals surface area contributed by atoms with Crippen LogP contribution in [0.2, 0.25) is 0 Å². The van der Waals surface area contributed by atoms with E-state index < -0.39 is 0 Å². The van der Waals surface area contributed by atoms with Crippen LogP contribution >= 0.6 is 11.8 Å². The van der Waals surface area contributed by atoms with Gasteiger partial charge in [-0.25, -0.2) is 0 Å². The van der Waals surface area contributed by atoms with Crippen LogP contribution in [0.25, 0.3) is 0 Å². The highest BCUT2D eigenvalue weighted by atomic mass is 32.2. The molecule has 0 aromatic heterocycles. The van der Waals surface area contributed by atoms with Gasteiger partial charge < -0.3 is 15.2 Å². The topological polar surface area (TPSA) is 41.5 Å². The molecule has 1 aromatic carbocycles. The van der Waals surface area contributed by atoms with Gasteiger partial charge in [-0.15, -0.1) is 11.8 Å². The fourth-order valence-corrected chi connectivity index (χ4v) is 2.87. The average molecular weight is 283 g/mol. The van der Waals surface area contributed by atoms with Gasteiger partial charge in [0.25, 0.3) is 0 Å². The van der Waals surface area contributed by atoms with Crippen LogP contribution < -0.4 is 5.32 Å². The molecule has 0 heterocycles. The predicted octanol–water partition coefficient (Wildman–Crippen LogP) is 2.59. The number of aliphatic hydroxyl groups is 1. The van der Waals surface area contributed by atoms with E-state index in [4.69, 9.17) is 9.84 Å². The summed E-state index contributed by atoms with van der Waals surface area (Å²) in [5.41, 5.74) is 2.61. The molecule has 1 aromatic rings. The summed E-state index contributed by atoms with van der Waals surface area (Å²) in [7, 11) is 1.71. The molecule has 0 aliphatic heterocycles. The Morgan fingerprint density at radius 3 is 2.84 bits per heavy atom. The quantitative estimate of drug-likeness (QED) is 0.540. The lowest BCUT2D eigenvalue weighted by Gasteiger charge is -2.13. The lowest BCUT2D eigenvalue weighted by molar-refractivity contribution is 0.199. The zero-order valence-corrected chi connectivity index (χ0v) is 12.9. The molecule has 19 heavy (non-hydrogen) atoms. The first-order valence-corrected chi connectivity index (χ1v) is 7.62. The van der Waals surface area contributed by atoms with Crippen molar-refractivity contribution in [2.24, 2.45) is 0 Å². The first-order valence-electron chi connectivity index (χ1n) is 6.74. The highest BCUT2D eigenvalue weighted by Crippen LogP contribution is 2.28. The van der Waals surface area contributed by atoms with Gasteiger partial charge in [0, 0.05) is 37.0 Å². The molecule has 1 atom stereocenters. The van der Waals surface area contributed by atoms with Crippen molar-refractivity contribution in [2.45, 2.75) is 37.0 Å². The molecule has 3 nitrogen and oxygen atoms in total. The maximum Gasteiger partial charge on any atom is 0.0587 e.